The summed E-state index contributed by atoms with van der Waals surface area (Å²) in [6, 6.07) is 0. The summed E-state index contributed by atoms with van der Waals surface area (Å²) in [7, 11) is 0. The minimum atomic E-state index is -2.82. The van der Waals surface area contributed by atoms with Crippen LogP contribution in [-0.2, 0) is 4.79 Å². The quantitative estimate of drug-likeness (QED) is 0.614. The van der Waals surface area contributed by atoms with E-state index in [2.05, 4.69) is 0 Å². The number of rotatable bonds is 1. The van der Waals surface area contributed by atoms with Gasteiger partial charge in [-0.05, 0) is 12.8 Å². The highest BCUT2D eigenvalue weighted by Gasteiger charge is 2.47. The van der Waals surface area contributed by atoms with Gasteiger partial charge in [-0.2, -0.15) is 8.78 Å². The van der Waals surface area contributed by atoms with Gasteiger partial charge in [-0.15, -0.1) is 0 Å². The average molecular weight is 189 g/mol. The number of alkyl halides is 2. The molecule has 2 rings (SSSR count). The maximum Gasteiger partial charge on any atom is 0.315 e. The molecule has 74 valence electrons. The third kappa shape index (κ3) is 1.42. The molecule has 1 aliphatic heterocycles. The molecule has 0 unspecified atom stereocenters. The van der Waals surface area contributed by atoms with Crippen molar-refractivity contribution < 1.29 is 13.6 Å². The summed E-state index contributed by atoms with van der Waals surface area (Å²) in [6.07, 6.45) is 1.78. The summed E-state index contributed by atoms with van der Waals surface area (Å²) >= 11 is 0. The molecule has 4 heteroatoms. The summed E-state index contributed by atoms with van der Waals surface area (Å²) in [5, 5.41) is 0. The van der Waals surface area contributed by atoms with Crippen molar-refractivity contribution in [3.63, 3.8) is 0 Å². The van der Waals surface area contributed by atoms with Crippen LogP contribution < -0.4 is 0 Å². The van der Waals surface area contributed by atoms with Gasteiger partial charge in [0.1, 0.15) is 0 Å². The van der Waals surface area contributed by atoms with Crippen LogP contribution in [0.4, 0.5) is 8.78 Å². The highest BCUT2D eigenvalue weighted by atomic mass is 19.3. The molecule has 2 fully saturated rings. The Morgan fingerprint density at radius 1 is 1.23 bits per heavy atom. The molecule has 0 aromatic heterocycles. The molecule has 1 saturated heterocycles. The number of hydrogen-bond donors (Lipinski definition) is 0. The molecule has 13 heavy (non-hydrogen) atoms. The van der Waals surface area contributed by atoms with Gasteiger partial charge < -0.3 is 4.90 Å². The van der Waals surface area contributed by atoms with Crippen molar-refractivity contribution in [1.29, 1.82) is 0 Å². The molecule has 1 aliphatic carbocycles. The number of carbonyl (C=O) groups is 1. The van der Waals surface area contributed by atoms with Crippen LogP contribution in [0.25, 0.3) is 0 Å². The Balaban J connectivity index is 1.87. The molecule has 0 bridgehead atoms. The van der Waals surface area contributed by atoms with Crippen LogP contribution in [0.2, 0.25) is 0 Å². The van der Waals surface area contributed by atoms with E-state index in [4.69, 9.17) is 0 Å². The van der Waals surface area contributed by atoms with Crippen molar-refractivity contribution in [2.45, 2.75) is 32.1 Å². The summed E-state index contributed by atoms with van der Waals surface area (Å²) in [4.78, 5) is 12.1. The predicted molar refractivity (Wildman–Crippen MR) is 43.5 cm³/mol. The van der Waals surface area contributed by atoms with Crippen molar-refractivity contribution >= 4 is 5.91 Å². The molecule has 1 saturated carbocycles. The van der Waals surface area contributed by atoms with Crippen LogP contribution in [0.3, 0.4) is 0 Å². The van der Waals surface area contributed by atoms with Crippen molar-refractivity contribution in [3.8, 4) is 0 Å². The molecule has 0 aromatic carbocycles. The van der Waals surface area contributed by atoms with Crippen LogP contribution in [0.15, 0.2) is 0 Å². The van der Waals surface area contributed by atoms with Crippen molar-refractivity contribution in [2.24, 2.45) is 5.41 Å². The van der Waals surface area contributed by atoms with Gasteiger partial charge in [0.2, 0.25) is 0 Å². The number of amides is 1. The number of carbonyl (C=O) groups excluding carboxylic acids is 1. The molecule has 1 heterocycles. The summed E-state index contributed by atoms with van der Waals surface area (Å²) in [5.74, 6) is -0.988. The number of likely N-dealkylation sites (tertiary alicyclic amines) is 1. The van der Waals surface area contributed by atoms with E-state index in [-0.39, 0.29) is 5.41 Å². The summed E-state index contributed by atoms with van der Waals surface area (Å²) in [6.45, 7) is 1.13. The van der Waals surface area contributed by atoms with E-state index >= 15 is 0 Å². The van der Waals surface area contributed by atoms with Gasteiger partial charge in [-0.3, -0.25) is 4.79 Å². The van der Waals surface area contributed by atoms with Crippen molar-refractivity contribution in [1.82, 2.24) is 4.90 Å². The third-order valence-corrected chi connectivity index (χ3v) is 3.22. The van der Waals surface area contributed by atoms with Crippen LogP contribution in [0, 0.1) is 5.41 Å². The monoisotopic (exact) mass is 189 g/mol. The molecule has 0 radical (unpaired) electrons. The van der Waals surface area contributed by atoms with E-state index in [1.807, 2.05) is 0 Å². The minimum Gasteiger partial charge on any atom is -0.336 e. The van der Waals surface area contributed by atoms with E-state index in [0.29, 0.717) is 13.1 Å². The SMILES string of the molecule is O=C(C(F)F)N1CC2(CCCC2)C1. The second kappa shape index (κ2) is 2.93. The number of halogens is 2. The standard InChI is InChI=1S/C9H13F2NO/c10-7(11)8(13)12-5-9(6-12)3-1-2-4-9/h7H,1-6H2. The van der Waals surface area contributed by atoms with Gasteiger partial charge >= 0.3 is 6.43 Å². The Morgan fingerprint density at radius 2 is 1.77 bits per heavy atom. The Hall–Kier alpha value is -0.670. The lowest BCUT2D eigenvalue weighted by Crippen LogP contribution is -2.58. The van der Waals surface area contributed by atoms with E-state index in [9.17, 15) is 13.6 Å². The zero-order valence-corrected chi connectivity index (χ0v) is 7.43. The van der Waals surface area contributed by atoms with Gasteiger partial charge in [0.25, 0.3) is 5.91 Å². The highest BCUT2D eigenvalue weighted by molar-refractivity contribution is 5.80. The van der Waals surface area contributed by atoms with Gasteiger partial charge in [0, 0.05) is 18.5 Å². The van der Waals surface area contributed by atoms with Gasteiger partial charge in [0.15, 0.2) is 0 Å². The topological polar surface area (TPSA) is 20.3 Å². The Morgan fingerprint density at radius 3 is 2.23 bits per heavy atom. The Kier molecular flexibility index (Phi) is 2.00. The lowest BCUT2D eigenvalue weighted by atomic mass is 9.78. The second-order valence-corrected chi connectivity index (χ2v) is 4.20. The molecular weight excluding hydrogens is 176 g/mol. The first kappa shape index (κ1) is 8.91. The van der Waals surface area contributed by atoms with Gasteiger partial charge in [-0.25, -0.2) is 0 Å². The van der Waals surface area contributed by atoms with Crippen molar-refractivity contribution in [2.75, 3.05) is 13.1 Å². The fourth-order valence-electron chi connectivity index (χ4n) is 2.50. The normalized spacial score (nSPS) is 25.3. The van der Waals surface area contributed by atoms with E-state index < -0.39 is 12.3 Å². The lowest BCUT2D eigenvalue weighted by Gasteiger charge is -2.48. The van der Waals surface area contributed by atoms with E-state index in [1.165, 1.54) is 17.7 Å². The van der Waals surface area contributed by atoms with Gasteiger partial charge in [-0.1, -0.05) is 12.8 Å². The molecule has 2 aliphatic rings. The maximum absolute atomic E-state index is 12.0. The van der Waals surface area contributed by atoms with Crippen molar-refractivity contribution in [3.05, 3.63) is 0 Å². The molecule has 1 spiro atoms. The van der Waals surface area contributed by atoms with Crippen LogP contribution >= 0.6 is 0 Å². The van der Waals surface area contributed by atoms with E-state index in [0.717, 1.165) is 12.8 Å². The largest absolute Gasteiger partial charge is 0.336 e. The molecule has 1 amide bonds. The van der Waals surface area contributed by atoms with Gasteiger partial charge in [0.05, 0.1) is 0 Å². The third-order valence-electron chi connectivity index (χ3n) is 3.22. The first-order chi connectivity index (χ1) is 6.13. The molecule has 0 aromatic rings. The molecule has 0 atom stereocenters. The average Bonchev–Trinajstić information content (AvgIpc) is 2.47. The Bertz CT molecular complexity index is 216. The maximum atomic E-state index is 12.0. The second-order valence-electron chi connectivity index (χ2n) is 4.20. The minimum absolute atomic E-state index is 0.227. The first-order valence-corrected chi connectivity index (χ1v) is 4.70. The highest BCUT2D eigenvalue weighted by Crippen LogP contribution is 2.45. The fraction of sp³-hybridized carbons (Fsp3) is 0.889. The van der Waals surface area contributed by atoms with E-state index in [1.54, 1.807) is 0 Å². The molecule has 0 N–H and O–H groups in total. The number of nitrogens with zero attached hydrogens (tertiary/aromatic N) is 1. The smallest absolute Gasteiger partial charge is 0.315 e. The van der Waals surface area contributed by atoms with Crippen LogP contribution in [-0.4, -0.2) is 30.3 Å². The first-order valence-electron chi connectivity index (χ1n) is 4.70. The Labute approximate surface area is 75.9 Å². The summed E-state index contributed by atoms with van der Waals surface area (Å²) in [5.41, 5.74) is 0.227. The fourth-order valence-corrected chi connectivity index (χ4v) is 2.50. The lowest BCUT2D eigenvalue weighted by molar-refractivity contribution is -0.155. The summed E-state index contributed by atoms with van der Waals surface area (Å²) < 4.78 is 24.0. The number of hydrogen-bond acceptors (Lipinski definition) is 1. The molecular formula is C9H13F2NO. The zero-order chi connectivity index (χ0) is 9.47. The predicted octanol–water partition coefficient (Wildman–Crippen LogP) is 1.65. The van der Waals surface area contributed by atoms with Crippen LogP contribution in [0.5, 0.6) is 0 Å². The zero-order valence-electron chi connectivity index (χ0n) is 7.43. The van der Waals surface area contributed by atoms with Crippen LogP contribution in [0.1, 0.15) is 25.7 Å². The molecule has 2 nitrogen and oxygen atoms in total.